The van der Waals surface area contributed by atoms with Crippen LogP contribution in [-0.4, -0.2) is 53.5 Å². The molecule has 1 fully saturated rings. The molecule has 11 heteroatoms. The molecule has 2 aromatic carbocycles. The van der Waals surface area contributed by atoms with Crippen molar-refractivity contribution in [2.45, 2.75) is 64.1 Å². The van der Waals surface area contributed by atoms with E-state index in [0.29, 0.717) is 33.2 Å². The lowest BCUT2D eigenvalue weighted by atomic mass is 9.80. The van der Waals surface area contributed by atoms with E-state index < -0.39 is 5.97 Å². The number of carbonyl (C=O) groups is 3. The zero-order chi connectivity index (χ0) is 30.8. The van der Waals surface area contributed by atoms with E-state index in [4.69, 9.17) is 11.6 Å². The minimum atomic E-state index is -1.04. The van der Waals surface area contributed by atoms with Gasteiger partial charge < -0.3 is 14.6 Å². The van der Waals surface area contributed by atoms with Gasteiger partial charge in [0.25, 0.3) is 5.91 Å². The summed E-state index contributed by atoms with van der Waals surface area (Å²) in [6.45, 7) is 1.86. The van der Waals surface area contributed by atoms with Gasteiger partial charge in [0.2, 0.25) is 0 Å². The molecule has 9 nitrogen and oxygen atoms in total. The molecule has 2 atom stereocenters. The lowest BCUT2D eigenvalue weighted by Crippen LogP contribution is -2.45. The zero-order valence-electron chi connectivity index (χ0n) is 24.2. The number of halogens is 1. The van der Waals surface area contributed by atoms with Crippen LogP contribution >= 0.6 is 22.9 Å². The van der Waals surface area contributed by atoms with Gasteiger partial charge in [-0.15, -0.1) is 11.3 Å². The van der Waals surface area contributed by atoms with Gasteiger partial charge in [-0.3, -0.25) is 19.5 Å². The number of nitrogens with one attached hydrogen (secondary N) is 1. The Morgan fingerprint density at radius 2 is 1.84 bits per heavy atom. The van der Waals surface area contributed by atoms with Crippen LogP contribution in [0.15, 0.2) is 67.0 Å². The van der Waals surface area contributed by atoms with Crippen molar-refractivity contribution in [2.75, 3.05) is 0 Å². The molecule has 1 amide bonds. The van der Waals surface area contributed by atoms with Crippen molar-refractivity contribution >= 4 is 51.5 Å². The number of carbonyl (C=O) groups excluding carboxylic acids is 2. The van der Waals surface area contributed by atoms with Crippen LogP contribution in [0.3, 0.4) is 0 Å². The molecule has 226 valence electrons. The molecule has 44 heavy (non-hydrogen) atoms. The number of hydrogen-bond acceptors (Lipinski definition) is 6. The fraction of sp³-hybridized carbons (Fsp3) is 0.303. The molecule has 6 rings (SSSR count). The zero-order valence-corrected chi connectivity index (χ0v) is 25.8. The fourth-order valence-electron chi connectivity index (χ4n) is 6.31. The maximum atomic E-state index is 14.6. The van der Waals surface area contributed by atoms with Gasteiger partial charge in [0.05, 0.1) is 11.6 Å². The number of carboxylic acids is 1. The number of aliphatic carboxylic acids is 1. The highest BCUT2D eigenvalue weighted by Crippen LogP contribution is 2.43. The maximum absolute atomic E-state index is 14.6. The van der Waals surface area contributed by atoms with Crippen LogP contribution in [0, 0.1) is 0 Å². The average molecular weight is 630 g/mol. The molecular weight excluding hydrogens is 598 g/mol. The minimum absolute atomic E-state index is 0.115. The monoisotopic (exact) mass is 629 g/mol. The number of thiophene rings is 1. The quantitative estimate of drug-likeness (QED) is 0.165. The van der Waals surface area contributed by atoms with Crippen molar-refractivity contribution in [1.29, 1.82) is 0 Å². The molecule has 0 bridgehead atoms. The molecule has 0 spiro atoms. The molecule has 3 aromatic heterocycles. The van der Waals surface area contributed by atoms with Gasteiger partial charge in [-0.05, 0) is 49.6 Å². The first-order chi connectivity index (χ1) is 21.4. The number of fused-ring (bicyclic) bond motifs is 1. The molecule has 0 aliphatic heterocycles. The Labute approximate surface area is 263 Å². The van der Waals surface area contributed by atoms with Crippen LogP contribution in [0.5, 0.6) is 0 Å². The molecule has 3 heterocycles. The number of aromatic amines is 1. The number of aromatic nitrogens is 4. The van der Waals surface area contributed by atoms with Gasteiger partial charge in [-0.25, -0.2) is 4.98 Å². The van der Waals surface area contributed by atoms with Gasteiger partial charge in [0.15, 0.2) is 11.6 Å². The van der Waals surface area contributed by atoms with Gasteiger partial charge in [-0.1, -0.05) is 61.7 Å². The highest BCUT2D eigenvalue weighted by molar-refractivity contribution is 7.12. The first-order valence-corrected chi connectivity index (χ1v) is 15.9. The van der Waals surface area contributed by atoms with Crippen molar-refractivity contribution in [2.24, 2.45) is 0 Å². The fourth-order valence-corrected chi connectivity index (χ4v) is 7.82. The Bertz CT molecular complexity index is 1830. The van der Waals surface area contributed by atoms with E-state index in [-0.39, 0.29) is 36.7 Å². The van der Waals surface area contributed by atoms with Crippen molar-refractivity contribution in [3.63, 3.8) is 0 Å². The standard InChI is InChI=1S/C33H32ClN5O4S/c1-2-21-16-24(31(42)22-10-4-6-12-25(22)34)32(44-21)23-11-5-8-14-27(23)39(17-29-35-19-36-37-29)33(43)28-15-20-9-3-7-13-26(20)38(28)18-30(40)41/h3-4,6-7,9-10,12-13,15-16,19,23,27H,2,5,8,11,14,17-18H2,1H3,(H,40,41)(H,35,36,37). The number of ketones is 1. The Kier molecular flexibility index (Phi) is 8.63. The highest BCUT2D eigenvalue weighted by atomic mass is 35.5. The van der Waals surface area contributed by atoms with Gasteiger partial charge >= 0.3 is 5.97 Å². The van der Waals surface area contributed by atoms with E-state index in [1.165, 1.54) is 6.33 Å². The van der Waals surface area contributed by atoms with Crippen LogP contribution in [0.25, 0.3) is 10.9 Å². The Hall–Kier alpha value is -4.28. The molecule has 5 aromatic rings. The number of benzene rings is 2. The third-order valence-corrected chi connectivity index (χ3v) is 10.1. The summed E-state index contributed by atoms with van der Waals surface area (Å²) in [5.41, 5.74) is 2.05. The number of aryl methyl sites for hydroxylation is 1. The summed E-state index contributed by atoms with van der Waals surface area (Å²) in [7, 11) is 0. The highest BCUT2D eigenvalue weighted by Gasteiger charge is 2.39. The van der Waals surface area contributed by atoms with Crippen LogP contribution in [0.2, 0.25) is 5.02 Å². The van der Waals surface area contributed by atoms with Crippen molar-refractivity contribution < 1.29 is 19.5 Å². The predicted molar refractivity (Wildman–Crippen MR) is 169 cm³/mol. The van der Waals surface area contributed by atoms with Crippen LogP contribution in [0.4, 0.5) is 0 Å². The largest absolute Gasteiger partial charge is 0.480 e. The normalized spacial score (nSPS) is 16.7. The van der Waals surface area contributed by atoms with Crippen LogP contribution in [-0.2, 0) is 24.3 Å². The molecular formula is C33H32ClN5O4S. The number of H-pyrrole nitrogens is 1. The minimum Gasteiger partial charge on any atom is -0.480 e. The van der Waals surface area contributed by atoms with Gasteiger partial charge in [0, 0.05) is 43.7 Å². The van der Waals surface area contributed by atoms with Crippen molar-refractivity contribution in [3.05, 3.63) is 104 Å². The van der Waals surface area contributed by atoms with E-state index in [9.17, 15) is 19.5 Å². The molecule has 2 N–H and O–H groups in total. The number of nitrogens with zero attached hydrogens (tertiary/aromatic N) is 4. The SMILES string of the molecule is CCc1cc(C(=O)c2ccccc2Cl)c(C2CCCCC2N(Cc2nc[nH]n2)C(=O)c2cc3ccccc3n2CC(=O)O)s1. The summed E-state index contributed by atoms with van der Waals surface area (Å²) in [6, 6.07) is 17.9. The Balaban J connectivity index is 1.45. The Morgan fingerprint density at radius 1 is 1.07 bits per heavy atom. The number of para-hydroxylation sites is 1. The van der Waals surface area contributed by atoms with Gasteiger partial charge in [0.1, 0.15) is 18.6 Å². The summed E-state index contributed by atoms with van der Waals surface area (Å²) in [4.78, 5) is 48.7. The number of carboxylic acid groups (broad SMARTS) is 1. The van der Waals surface area contributed by atoms with Crippen LogP contribution < -0.4 is 0 Å². The lowest BCUT2D eigenvalue weighted by Gasteiger charge is -2.40. The first-order valence-electron chi connectivity index (χ1n) is 14.7. The summed E-state index contributed by atoms with van der Waals surface area (Å²) >= 11 is 8.09. The topological polar surface area (TPSA) is 121 Å². The summed E-state index contributed by atoms with van der Waals surface area (Å²) in [5, 5.41) is 17.9. The van der Waals surface area contributed by atoms with E-state index in [1.807, 2.05) is 36.4 Å². The first kappa shape index (κ1) is 29.8. The molecule has 1 aliphatic carbocycles. The van der Waals surface area contributed by atoms with E-state index in [2.05, 4.69) is 22.1 Å². The maximum Gasteiger partial charge on any atom is 0.323 e. The molecule has 0 radical (unpaired) electrons. The second-order valence-corrected chi connectivity index (χ2v) is 12.6. The predicted octanol–water partition coefficient (Wildman–Crippen LogP) is 6.72. The van der Waals surface area contributed by atoms with E-state index >= 15 is 0 Å². The summed E-state index contributed by atoms with van der Waals surface area (Å²) in [6.07, 6.45) is 5.65. The molecule has 1 aliphatic rings. The number of hydrogen-bond donors (Lipinski definition) is 2. The Morgan fingerprint density at radius 3 is 2.59 bits per heavy atom. The smallest absolute Gasteiger partial charge is 0.323 e. The summed E-state index contributed by atoms with van der Waals surface area (Å²) < 4.78 is 1.56. The average Bonchev–Trinajstić information content (AvgIpc) is 3.79. The van der Waals surface area contributed by atoms with E-state index in [1.54, 1.807) is 45.1 Å². The lowest BCUT2D eigenvalue weighted by molar-refractivity contribution is -0.137. The van der Waals surface area contributed by atoms with Crippen molar-refractivity contribution in [1.82, 2.24) is 24.6 Å². The molecule has 2 unspecified atom stereocenters. The molecule has 1 saturated carbocycles. The third kappa shape index (κ3) is 5.79. The number of rotatable bonds is 10. The second-order valence-electron chi connectivity index (χ2n) is 11.0. The van der Waals surface area contributed by atoms with Crippen molar-refractivity contribution in [3.8, 4) is 0 Å². The van der Waals surface area contributed by atoms with Crippen LogP contribution in [0.1, 0.15) is 80.5 Å². The summed E-state index contributed by atoms with van der Waals surface area (Å²) in [5.74, 6) is -1.12. The van der Waals surface area contributed by atoms with E-state index in [0.717, 1.165) is 47.2 Å². The second kappa shape index (κ2) is 12.8. The molecule has 0 saturated heterocycles. The third-order valence-electron chi connectivity index (χ3n) is 8.35. The number of amides is 1. The van der Waals surface area contributed by atoms with Gasteiger partial charge in [-0.2, -0.15) is 5.10 Å².